The minimum atomic E-state index is 0.0634. The SMILES string of the molecule is O=C(CN1CCN(Cc2csc3ccccc23)CC1)Nc1ccccc1. The first kappa shape index (κ1) is 17.2. The number of carbonyl (C=O) groups is 1. The highest BCUT2D eigenvalue weighted by atomic mass is 32.1. The van der Waals surface area contributed by atoms with Crippen LogP contribution < -0.4 is 5.32 Å². The van der Waals surface area contributed by atoms with Crippen LogP contribution in [0.4, 0.5) is 5.69 Å². The van der Waals surface area contributed by atoms with Gasteiger partial charge in [-0.3, -0.25) is 14.6 Å². The number of fused-ring (bicyclic) bond motifs is 1. The van der Waals surface area contributed by atoms with Gasteiger partial charge in [0.05, 0.1) is 6.54 Å². The smallest absolute Gasteiger partial charge is 0.238 e. The van der Waals surface area contributed by atoms with E-state index in [1.54, 1.807) is 0 Å². The lowest BCUT2D eigenvalue weighted by Crippen LogP contribution is -2.48. The van der Waals surface area contributed by atoms with Crippen LogP contribution >= 0.6 is 11.3 Å². The van der Waals surface area contributed by atoms with Crippen molar-refractivity contribution in [1.29, 1.82) is 0 Å². The molecular weight excluding hydrogens is 342 g/mol. The van der Waals surface area contributed by atoms with Crippen molar-refractivity contribution in [3.8, 4) is 0 Å². The Morgan fingerprint density at radius 3 is 2.42 bits per heavy atom. The molecule has 1 aromatic heterocycles. The third-order valence-corrected chi connectivity index (χ3v) is 5.86. The predicted molar refractivity (Wildman–Crippen MR) is 109 cm³/mol. The van der Waals surface area contributed by atoms with Gasteiger partial charge in [-0.1, -0.05) is 36.4 Å². The molecule has 0 unspecified atom stereocenters. The van der Waals surface area contributed by atoms with E-state index in [1.165, 1.54) is 15.6 Å². The summed E-state index contributed by atoms with van der Waals surface area (Å²) in [5.74, 6) is 0.0634. The van der Waals surface area contributed by atoms with E-state index in [-0.39, 0.29) is 5.91 Å². The second-order valence-electron chi connectivity index (χ2n) is 6.72. The van der Waals surface area contributed by atoms with Gasteiger partial charge in [-0.05, 0) is 34.5 Å². The number of piperazine rings is 1. The molecule has 1 aliphatic rings. The largest absolute Gasteiger partial charge is 0.325 e. The lowest BCUT2D eigenvalue weighted by Gasteiger charge is -2.34. The lowest BCUT2D eigenvalue weighted by molar-refractivity contribution is -0.117. The fraction of sp³-hybridized carbons (Fsp3) is 0.286. The summed E-state index contributed by atoms with van der Waals surface area (Å²) in [6.45, 7) is 5.33. The van der Waals surface area contributed by atoms with E-state index in [4.69, 9.17) is 0 Å². The van der Waals surface area contributed by atoms with Crippen LogP contribution in [0.2, 0.25) is 0 Å². The van der Waals surface area contributed by atoms with Crippen LogP contribution in [0.5, 0.6) is 0 Å². The normalized spacial score (nSPS) is 16.0. The number of hydrogen-bond acceptors (Lipinski definition) is 4. The van der Waals surface area contributed by atoms with E-state index in [0.717, 1.165) is 38.4 Å². The van der Waals surface area contributed by atoms with Crippen molar-refractivity contribution in [2.24, 2.45) is 0 Å². The summed E-state index contributed by atoms with van der Waals surface area (Å²) in [6.07, 6.45) is 0. The van der Waals surface area contributed by atoms with Crippen molar-refractivity contribution in [2.45, 2.75) is 6.54 Å². The molecule has 0 saturated carbocycles. The Kier molecular flexibility index (Phi) is 5.29. The molecule has 4 rings (SSSR count). The summed E-state index contributed by atoms with van der Waals surface area (Å²) in [7, 11) is 0. The zero-order valence-corrected chi connectivity index (χ0v) is 15.5. The molecule has 1 fully saturated rings. The average Bonchev–Trinajstić information content (AvgIpc) is 3.07. The third kappa shape index (κ3) is 4.12. The predicted octanol–water partition coefficient (Wildman–Crippen LogP) is 3.66. The van der Waals surface area contributed by atoms with Crippen LogP contribution in [0.1, 0.15) is 5.56 Å². The standard InChI is InChI=1S/C21H23N3OS/c25-21(22-18-6-2-1-3-7-18)15-24-12-10-23(11-13-24)14-17-16-26-20-9-5-4-8-19(17)20/h1-9,16H,10-15H2,(H,22,25). The highest BCUT2D eigenvalue weighted by Crippen LogP contribution is 2.26. The third-order valence-electron chi connectivity index (χ3n) is 4.84. The van der Waals surface area contributed by atoms with Crippen molar-refractivity contribution >= 4 is 33.0 Å². The molecular formula is C21H23N3OS. The molecule has 2 aromatic carbocycles. The summed E-state index contributed by atoms with van der Waals surface area (Å²) in [5, 5.41) is 6.62. The van der Waals surface area contributed by atoms with E-state index in [2.05, 4.69) is 44.8 Å². The van der Waals surface area contributed by atoms with E-state index >= 15 is 0 Å². The van der Waals surface area contributed by atoms with Gasteiger partial charge in [-0.2, -0.15) is 0 Å². The van der Waals surface area contributed by atoms with Crippen molar-refractivity contribution in [3.63, 3.8) is 0 Å². The molecule has 1 aliphatic heterocycles. The first-order valence-electron chi connectivity index (χ1n) is 9.03. The highest BCUT2D eigenvalue weighted by molar-refractivity contribution is 7.17. The summed E-state index contributed by atoms with van der Waals surface area (Å²) in [5.41, 5.74) is 2.28. The zero-order chi connectivity index (χ0) is 17.8. The monoisotopic (exact) mass is 365 g/mol. The van der Waals surface area contributed by atoms with Crippen molar-refractivity contribution in [3.05, 3.63) is 65.5 Å². The van der Waals surface area contributed by atoms with Gasteiger partial charge in [-0.15, -0.1) is 11.3 Å². The number of thiophene rings is 1. The fourth-order valence-electron chi connectivity index (χ4n) is 3.43. The summed E-state index contributed by atoms with van der Waals surface area (Å²) in [6, 6.07) is 18.3. The molecule has 1 saturated heterocycles. The van der Waals surface area contributed by atoms with E-state index in [1.807, 2.05) is 41.7 Å². The molecule has 2 heterocycles. The maximum absolute atomic E-state index is 12.2. The van der Waals surface area contributed by atoms with Gasteiger partial charge < -0.3 is 5.32 Å². The van der Waals surface area contributed by atoms with Gasteiger partial charge >= 0.3 is 0 Å². The van der Waals surface area contributed by atoms with Crippen LogP contribution in [0, 0.1) is 0 Å². The first-order valence-corrected chi connectivity index (χ1v) is 9.90. The van der Waals surface area contributed by atoms with Gasteiger partial charge in [0.2, 0.25) is 5.91 Å². The molecule has 3 aromatic rings. The van der Waals surface area contributed by atoms with Crippen molar-refractivity contribution in [2.75, 3.05) is 38.0 Å². The minimum Gasteiger partial charge on any atom is -0.325 e. The molecule has 4 nitrogen and oxygen atoms in total. The Balaban J connectivity index is 1.27. The van der Waals surface area contributed by atoms with Crippen LogP contribution in [0.3, 0.4) is 0 Å². The molecule has 26 heavy (non-hydrogen) atoms. The Bertz CT molecular complexity index is 869. The zero-order valence-electron chi connectivity index (χ0n) is 14.7. The van der Waals surface area contributed by atoms with Gasteiger partial charge in [-0.25, -0.2) is 0 Å². The maximum atomic E-state index is 12.2. The molecule has 0 atom stereocenters. The maximum Gasteiger partial charge on any atom is 0.238 e. The van der Waals surface area contributed by atoms with Gasteiger partial charge in [0, 0.05) is 43.1 Å². The number of amides is 1. The number of benzene rings is 2. The van der Waals surface area contributed by atoms with Crippen LogP contribution in [-0.4, -0.2) is 48.4 Å². The quantitative estimate of drug-likeness (QED) is 0.750. The van der Waals surface area contributed by atoms with E-state index < -0.39 is 0 Å². The fourth-order valence-corrected chi connectivity index (χ4v) is 4.38. The molecule has 0 spiro atoms. The van der Waals surface area contributed by atoms with Gasteiger partial charge in [0.25, 0.3) is 0 Å². The number of nitrogens with one attached hydrogen (secondary N) is 1. The Labute approximate surface area is 158 Å². The molecule has 1 N–H and O–H groups in total. The van der Waals surface area contributed by atoms with Gasteiger partial charge in [0.1, 0.15) is 0 Å². The Morgan fingerprint density at radius 2 is 1.62 bits per heavy atom. The molecule has 1 amide bonds. The summed E-state index contributed by atoms with van der Waals surface area (Å²) in [4.78, 5) is 16.9. The second-order valence-corrected chi connectivity index (χ2v) is 7.63. The minimum absolute atomic E-state index is 0.0634. The molecule has 0 bridgehead atoms. The summed E-state index contributed by atoms with van der Waals surface area (Å²) < 4.78 is 1.36. The highest BCUT2D eigenvalue weighted by Gasteiger charge is 2.19. The number of hydrogen-bond donors (Lipinski definition) is 1. The second kappa shape index (κ2) is 7.99. The lowest BCUT2D eigenvalue weighted by atomic mass is 10.1. The van der Waals surface area contributed by atoms with Gasteiger partial charge in [0.15, 0.2) is 0 Å². The number of carbonyl (C=O) groups excluding carboxylic acids is 1. The van der Waals surface area contributed by atoms with E-state index in [0.29, 0.717) is 6.54 Å². The first-order chi connectivity index (χ1) is 12.8. The number of anilines is 1. The van der Waals surface area contributed by atoms with E-state index in [9.17, 15) is 4.79 Å². The molecule has 0 radical (unpaired) electrons. The summed E-state index contributed by atoms with van der Waals surface area (Å²) >= 11 is 1.82. The Hall–Kier alpha value is -2.21. The molecule has 5 heteroatoms. The van der Waals surface area contributed by atoms with Crippen LogP contribution in [0.25, 0.3) is 10.1 Å². The number of nitrogens with zero attached hydrogens (tertiary/aromatic N) is 2. The number of para-hydroxylation sites is 1. The molecule has 0 aliphatic carbocycles. The van der Waals surface area contributed by atoms with Crippen molar-refractivity contribution < 1.29 is 4.79 Å². The Morgan fingerprint density at radius 1 is 0.923 bits per heavy atom. The average molecular weight is 366 g/mol. The van der Waals surface area contributed by atoms with Crippen molar-refractivity contribution in [1.82, 2.24) is 9.80 Å². The topological polar surface area (TPSA) is 35.6 Å². The number of rotatable bonds is 5. The molecule has 134 valence electrons. The van der Waals surface area contributed by atoms with Crippen LogP contribution in [-0.2, 0) is 11.3 Å². The van der Waals surface area contributed by atoms with Crippen LogP contribution in [0.15, 0.2) is 60.0 Å².